The fourth-order valence-electron chi connectivity index (χ4n) is 9.79. The summed E-state index contributed by atoms with van der Waals surface area (Å²) >= 11 is 0. The van der Waals surface area contributed by atoms with E-state index in [-0.39, 0.29) is 23.2 Å². The number of ether oxygens (including phenoxy) is 1. The molecule has 2 N–H and O–H groups in total. The van der Waals surface area contributed by atoms with E-state index < -0.39 is 0 Å². The smallest absolute Gasteiger partial charge is 0.340 e. The molecule has 0 heterocycles. The Hall–Kier alpha value is -2.66. The van der Waals surface area contributed by atoms with Crippen molar-refractivity contribution >= 4 is 17.9 Å². The van der Waals surface area contributed by atoms with Gasteiger partial charge >= 0.3 is 5.97 Å². The van der Waals surface area contributed by atoms with Gasteiger partial charge in [0.15, 0.2) is 0 Å². The maximum Gasteiger partial charge on any atom is 0.340 e. The van der Waals surface area contributed by atoms with Crippen molar-refractivity contribution in [3.05, 3.63) is 59.2 Å². The summed E-state index contributed by atoms with van der Waals surface area (Å²) in [4.78, 5) is 17.8. The predicted molar refractivity (Wildman–Crippen MR) is 137 cm³/mol. The minimum Gasteiger partial charge on any atom is -0.507 e. The van der Waals surface area contributed by atoms with Crippen LogP contribution in [0.25, 0.3) is 0 Å². The van der Waals surface area contributed by atoms with E-state index in [1.807, 2.05) is 30.3 Å². The van der Waals surface area contributed by atoms with E-state index in [1.165, 1.54) is 0 Å². The molecule has 0 bridgehead atoms. The molecule has 188 valence electrons. The van der Waals surface area contributed by atoms with Gasteiger partial charge in [-0.3, -0.25) is 4.99 Å². The number of carbonyl (C=O) groups excluding carboxylic acids is 1. The van der Waals surface area contributed by atoms with Crippen molar-refractivity contribution in [1.29, 1.82) is 0 Å². The zero-order valence-electron chi connectivity index (χ0n) is 21.4. The first-order valence-electron chi connectivity index (χ1n) is 13.4. The lowest BCUT2D eigenvalue weighted by Crippen LogP contribution is -2.63. The molecule has 5 nitrogen and oxygen atoms in total. The van der Waals surface area contributed by atoms with Crippen LogP contribution >= 0.6 is 0 Å². The van der Waals surface area contributed by atoms with Crippen LogP contribution in [0.4, 0.5) is 5.69 Å². The summed E-state index contributed by atoms with van der Waals surface area (Å²) in [7, 11) is 0. The van der Waals surface area contributed by atoms with Crippen molar-refractivity contribution in [2.24, 2.45) is 57.8 Å². The number of rotatable bonds is 5. The van der Waals surface area contributed by atoms with Crippen molar-refractivity contribution in [3.8, 4) is 5.75 Å². The van der Waals surface area contributed by atoms with E-state index >= 15 is 0 Å². The number of para-hydroxylation sites is 2. The van der Waals surface area contributed by atoms with Gasteiger partial charge in [-0.25, -0.2) is 4.79 Å². The fourth-order valence-corrected chi connectivity index (χ4v) is 9.79. The Morgan fingerprint density at radius 2 is 1.89 bits per heavy atom. The number of fused-ring (bicyclic) bond motifs is 1. The summed E-state index contributed by atoms with van der Waals surface area (Å²) in [6.07, 6.45) is 2.58. The van der Waals surface area contributed by atoms with Crippen molar-refractivity contribution in [2.45, 2.75) is 45.6 Å². The number of phenolic OH excluding ortho intramolecular Hbond substituents is 1. The number of hydrogen-bond acceptors (Lipinski definition) is 5. The highest BCUT2D eigenvalue weighted by Crippen LogP contribution is 2.90. The molecule has 7 rings (SSSR count). The molecule has 5 heteroatoms. The number of benzene rings is 2. The van der Waals surface area contributed by atoms with Gasteiger partial charge in [0, 0.05) is 11.8 Å². The Morgan fingerprint density at radius 1 is 1.11 bits per heavy atom. The van der Waals surface area contributed by atoms with Gasteiger partial charge in [0.1, 0.15) is 5.75 Å². The molecular weight excluding hydrogens is 450 g/mol. The van der Waals surface area contributed by atoms with Crippen molar-refractivity contribution in [1.82, 2.24) is 0 Å². The third-order valence-electron chi connectivity index (χ3n) is 10.9. The maximum absolute atomic E-state index is 13.2. The van der Waals surface area contributed by atoms with Gasteiger partial charge in [-0.1, -0.05) is 52.0 Å². The van der Waals surface area contributed by atoms with E-state index in [4.69, 9.17) is 4.74 Å². The molecule has 0 spiro atoms. The molecule has 10 atom stereocenters. The molecule has 5 fully saturated rings. The number of aliphatic imine (C=N–C) groups is 1. The van der Waals surface area contributed by atoms with Crippen LogP contribution in [0.1, 0.15) is 55.6 Å². The SMILES string of the molecule is CC(C)(C)c1cccc(C=Nc2ccccc2C(=O)OC[C@H]2C3C4C(O)C5C[C@H]2[C@@]2(C)C5C4C32)c1O. The maximum atomic E-state index is 13.2. The molecule has 36 heavy (non-hydrogen) atoms. The highest BCUT2D eigenvalue weighted by atomic mass is 16.5. The number of nitrogens with zero attached hydrogens (tertiary/aromatic N) is 1. The number of aromatic hydroxyl groups is 1. The first kappa shape index (κ1) is 22.5. The van der Waals surface area contributed by atoms with Crippen molar-refractivity contribution in [2.75, 3.05) is 6.61 Å². The van der Waals surface area contributed by atoms with Gasteiger partial charge in [-0.05, 0) is 88.4 Å². The molecule has 0 saturated heterocycles. The summed E-state index contributed by atoms with van der Waals surface area (Å²) in [5.74, 6) is 4.39. The summed E-state index contributed by atoms with van der Waals surface area (Å²) in [6.45, 7) is 9.06. The Balaban J connectivity index is 1.09. The van der Waals surface area contributed by atoms with Crippen molar-refractivity contribution in [3.63, 3.8) is 0 Å². The Kier molecular flexibility index (Phi) is 4.52. The van der Waals surface area contributed by atoms with Gasteiger partial charge < -0.3 is 14.9 Å². The molecule has 0 amide bonds. The highest BCUT2D eigenvalue weighted by molar-refractivity contribution is 5.96. The van der Waals surface area contributed by atoms with E-state index in [0.717, 1.165) is 23.8 Å². The second kappa shape index (κ2) is 7.22. The number of phenols is 1. The van der Waals surface area contributed by atoms with Gasteiger partial charge in [-0.15, -0.1) is 0 Å². The second-order valence-electron chi connectivity index (χ2n) is 13.2. The standard InChI is InChI=1S/C31H35NO4/c1-30(2,3)19-10-7-8-15(27(19)33)13-32-21-11-6-5-9-16(21)29(35)36-14-18-20-12-17-25-24-23(28(17)34)22(18)26(24)31(20,25)4/h5-11,13,17-18,20,22-26,28,33-34H,12,14H2,1-4H3/t17?,18-,20-,22?,23?,24?,25?,26?,28?,31+/m1/s1. The van der Waals surface area contributed by atoms with Crippen molar-refractivity contribution < 1.29 is 19.7 Å². The Bertz CT molecular complexity index is 1290. The Labute approximate surface area is 212 Å². The van der Waals surface area contributed by atoms with Gasteiger partial charge in [0.05, 0.1) is 24.0 Å². The monoisotopic (exact) mass is 485 g/mol. The van der Waals surface area contributed by atoms with Crippen LogP contribution in [-0.4, -0.2) is 35.1 Å². The molecular formula is C31H35NO4. The average molecular weight is 486 g/mol. The van der Waals surface area contributed by atoms with Crippen LogP contribution in [0.15, 0.2) is 47.5 Å². The van der Waals surface area contributed by atoms with Crippen LogP contribution in [0.2, 0.25) is 0 Å². The van der Waals surface area contributed by atoms with Crippen LogP contribution < -0.4 is 0 Å². The second-order valence-corrected chi connectivity index (χ2v) is 13.2. The van der Waals surface area contributed by atoms with Crippen LogP contribution in [0.5, 0.6) is 5.75 Å². The highest BCUT2D eigenvalue weighted by Gasteiger charge is 2.88. The minimum absolute atomic E-state index is 0.142. The predicted octanol–water partition coefficient (Wildman–Crippen LogP) is 5.35. The molecule has 7 unspecified atom stereocenters. The molecule has 0 aromatic heterocycles. The minimum atomic E-state index is -0.349. The molecule has 2 aromatic rings. The molecule has 5 aliphatic rings. The average Bonchev–Trinajstić information content (AvgIpc) is 3.13. The third-order valence-corrected chi connectivity index (χ3v) is 10.9. The van der Waals surface area contributed by atoms with Gasteiger partial charge in [-0.2, -0.15) is 0 Å². The number of esters is 1. The first-order chi connectivity index (χ1) is 17.1. The molecule has 0 radical (unpaired) electrons. The number of carbonyl (C=O) groups is 1. The summed E-state index contributed by atoms with van der Waals surface area (Å²) in [5, 5.41) is 21.7. The number of hydrogen-bond donors (Lipinski definition) is 2. The Morgan fingerprint density at radius 3 is 2.67 bits per heavy atom. The zero-order chi connectivity index (χ0) is 25.1. The summed E-state index contributed by atoms with van der Waals surface area (Å²) in [6, 6.07) is 12.9. The van der Waals surface area contributed by atoms with Gasteiger partial charge in [0.2, 0.25) is 0 Å². The summed E-state index contributed by atoms with van der Waals surface area (Å²) < 4.78 is 5.97. The van der Waals surface area contributed by atoms with E-state index in [9.17, 15) is 15.0 Å². The van der Waals surface area contributed by atoms with E-state index in [1.54, 1.807) is 18.3 Å². The van der Waals surface area contributed by atoms with Gasteiger partial charge in [0.25, 0.3) is 0 Å². The van der Waals surface area contributed by atoms with Crippen LogP contribution in [0, 0.1) is 52.8 Å². The fraction of sp³-hybridized carbons (Fsp3) is 0.548. The molecule has 5 aliphatic carbocycles. The van der Waals surface area contributed by atoms with Crippen LogP contribution in [-0.2, 0) is 10.2 Å². The number of aliphatic hydroxyl groups excluding tert-OH is 1. The van der Waals surface area contributed by atoms with E-state index in [2.05, 4.69) is 32.7 Å². The molecule has 0 aliphatic heterocycles. The lowest BCUT2D eigenvalue weighted by atomic mass is 9.39. The first-order valence-corrected chi connectivity index (χ1v) is 13.4. The topological polar surface area (TPSA) is 79.1 Å². The normalized spacial score (nSPS) is 40.9. The van der Waals surface area contributed by atoms with E-state index in [0.29, 0.717) is 64.3 Å². The quantitative estimate of drug-likeness (QED) is 0.442. The lowest BCUT2D eigenvalue weighted by Gasteiger charge is -2.65. The lowest BCUT2D eigenvalue weighted by molar-refractivity contribution is -0.198. The zero-order valence-corrected chi connectivity index (χ0v) is 21.4. The summed E-state index contributed by atoms with van der Waals surface area (Å²) in [5.41, 5.74) is 2.61. The molecule has 2 aromatic carbocycles. The van der Waals surface area contributed by atoms with Crippen LogP contribution in [0.3, 0.4) is 0 Å². The number of aliphatic hydroxyl groups is 1. The molecule has 5 saturated carbocycles. The largest absolute Gasteiger partial charge is 0.507 e. The third kappa shape index (κ3) is 2.65.